The molecule has 0 heterocycles. The van der Waals surface area contributed by atoms with E-state index < -0.39 is 11.9 Å². The predicted molar refractivity (Wildman–Crippen MR) is 103 cm³/mol. The van der Waals surface area contributed by atoms with Crippen molar-refractivity contribution in [3.8, 4) is 11.5 Å². The van der Waals surface area contributed by atoms with Gasteiger partial charge in [0.15, 0.2) is 0 Å². The minimum atomic E-state index is -0.498. The van der Waals surface area contributed by atoms with Crippen LogP contribution < -0.4 is 9.47 Å². The highest BCUT2D eigenvalue weighted by Gasteiger charge is 2.13. The van der Waals surface area contributed by atoms with Crippen LogP contribution in [0.3, 0.4) is 0 Å². The Kier molecular flexibility index (Phi) is 7.86. The maximum Gasteiger partial charge on any atom is 0.343 e. The van der Waals surface area contributed by atoms with Crippen molar-refractivity contribution in [3.63, 3.8) is 0 Å². The molecule has 0 aliphatic heterocycles. The fraction of sp³-hybridized carbons (Fsp3) is 0.364. The number of esters is 2. The van der Waals surface area contributed by atoms with E-state index in [0.29, 0.717) is 17.7 Å². The summed E-state index contributed by atoms with van der Waals surface area (Å²) in [5.74, 6) is 0.0635. The summed E-state index contributed by atoms with van der Waals surface area (Å²) >= 11 is 0. The molecule has 0 N–H and O–H groups in total. The third-order valence-electron chi connectivity index (χ3n) is 3.73. The van der Waals surface area contributed by atoms with E-state index in [-0.39, 0.29) is 11.9 Å². The van der Waals surface area contributed by atoms with Crippen LogP contribution >= 0.6 is 0 Å². The first-order valence-corrected chi connectivity index (χ1v) is 9.25. The van der Waals surface area contributed by atoms with Crippen molar-refractivity contribution in [2.45, 2.75) is 46.1 Å². The second-order valence-corrected chi connectivity index (χ2v) is 6.45. The SMILES string of the molecule is CCCCCOc1ccc(C(=O)Oc2cccc(C(=O)OC(C)C)c2)cc1. The van der Waals surface area contributed by atoms with Crippen molar-refractivity contribution in [2.24, 2.45) is 0 Å². The van der Waals surface area contributed by atoms with E-state index in [2.05, 4.69) is 6.92 Å². The number of benzene rings is 2. The van der Waals surface area contributed by atoms with Crippen LogP contribution in [0.2, 0.25) is 0 Å². The molecule has 2 rings (SSSR count). The normalized spacial score (nSPS) is 10.5. The molecule has 0 radical (unpaired) electrons. The van der Waals surface area contributed by atoms with Crippen molar-refractivity contribution >= 4 is 11.9 Å². The smallest absolute Gasteiger partial charge is 0.343 e. The van der Waals surface area contributed by atoms with Gasteiger partial charge in [0.2, 0.25) is 0 Å². The lowest BCUT2D eigenvalue weighted by Crippen LogP contribution is -2.12. The van der Waals surface area contributed by atoms with Gasteiger partial charge in [-0.05, 0) is 62.7 Å². The third kappa shape index (κ3) is 6.77. The average molecular weight is 370 g/mol. The highest BCUT2D eigenvalue weighted by Crippen LogP contribution is 2.18. The Morgan fingerprint density at radius 1 is 0.889 bits per heavy atom. The molecular formula is C22H26O5. The number of hydrogen-bond donors (Lipinski definition) is 0. The largest absolute Gasteiger partial charge is 0.494 e. The Labute approximate surface area is 160 Å². The molecular weight excluding hydrogens is 344 g/mol. The first-order chi connectivity index (χ1) is 13.0. The number of rotatable bonds is 9. The first kappa shape index (κ1) is 20.5. The monoisotopic (exact) mass is 370 g/mol. The Morgan fingerprint density at radius 3 is 2.30 bits per heavy atom. The number of carbonyl (C=O) groups is 2. The van der Waals surface area contributed by atoms with E-state index >= 15 is 0 Å². The molecule has 0 aliphatic carbocycles. The minimum Gasteiger partial charge on any atom is -0.494 e. The summed E-state index contributed by atoms with van der Waals surface area (Å²) in [6.45, 7) is 6.36. The zero-order valence-corrected chi connectivity index (χ0v) is 16.1. The zero-order valence-electron chi connectivity index (χ0n) is 16.1. The molecule has 27 heavy (non-hydrogen) atoms. The van der Waals surface area contributed by atoms with E-state index in [1.54, 1.807) is 56.3 Å². The fourth-order valence-electron chi connectivity index (χ4n) is 2.36. The molecule has 5 nitrogen and oxygen atoms in total. The van der Waals surface area contributed by atoms with E-state index in [1.807, 2.05) is 0 Å². The molecule has 0 saturated heterocycles. The Bertz CT molecular complexity index is 750. The van der Waals surface area contributed by atoms with Gasteiger partial charge < -0.3 is 14.2 Å². The lowest BCUT2D eigenvalue weighted by molar-refractivity contribution is 0.0376. The minimum absolute atomic E-state index is 0.216. The second-order valence-electron chi connectivity index (χ2n) is 6.45. The summed E-state index contributed by atoms with van der Waals surface area (Å²) in [5.41, 5.74) is 0.746. The van der Waals surface area contributed by atoms with E-state index in [1.165, 1.54) is 6.07 Å². The van der Waals surface area contributed by atoms with Gasteiger partial charge in [-0.3, -0.25) is 0 Å². The van der Waals surface area contributed by atoms with Crippen molar-refractivity contribution in [2.75, 3.05) is 6.61 Å². The molecule has 0 bridgehead atoms. The van der Waals surface area contributed by atoms with Gasteiger partial charge in [0.05, 0.1) is 23.8 Å². The van der Waals surface area contributed by atoms with Gasteiger partial charge in [-0.2, -0.15) is 0 Å². The van der Waals surface area contributed by atoms with Gasteiger partial charge in [-0.25, -0.2) is 9.59 Å². The maximum atomic E-state index is 12.3. The highest BCUT2D eigenvalue weighted by molar-refractivity contribution is 5.92. The van der Waals surface area contributed by atoms with Gasteiger partial charge in [0.25, 0.3) is 0 Å². The van der Waals surface area contributed by atoms with Crippen LogP contribution in [0.4, 0.5) is 0 Å². The van der Waals surface area contributed by atoms with Crippen LogP contribution in [0, 0.1) is 0 Å². The zero-order chi connectivity index (χ0) is 19.6. The van der Waals surface area contributed by atoms with Crippen LogP contribution in [0.25, 0.3) is 0 Å². The summed E-state index contributed by atoms with van der Waals surface area (Å²) in [6.07, 6.45) is 3.07. The molecule has 144 valence electrons. The molecule has 0 saturated carbocycles. The first-order valence-electron chi connectivity index (χ1n) is 9.25. The fourth-order valence-corrected chi connectivity index (χ4v) is 2.36. The molecule has 0 spiro atoms. The summed E-state index contributed by atoms with van der Waals surface area (Å²) in [6, 6.07) is 13.2. The van der Waals surface area contributed by atoms with Gasteiger partial charge in [0.1, 0.15) is 11.5 Å². The molecule has 2 aromatic carbocycles. The van der Waals surface area contributed by atoms with E-state index in [4.69, 9.17) is 14.2 Å². The topological polar surface area (TPSA) is 61.8 Å². The molecule has 0 unspecified atom stereocenters. The predicted octanol–water partition coefficient (Wildman–Crippen LogP) is 5.04. The van der Waals surface area contributed by atoms with Crippen LogP contribution in [0.5, 0.6) is 11.5 Å². The third-order valence-corrected chi connectivity index (χ3v) is 3.73. The summed E-state index contributed by atoms with van der Waals surface area (Å²) in [5, 5.41) is 0. The molecule has 2 aromatic rings. The van der Waals surface area contributed by atoms with Crippen molar-refractivity contribution in [3.05, 3.63) is 59.7 Å². The molecule has 0 aromatic heterocycles. The number of unbranched alkanes of at least 4 members (excludes halogenated alkanes) is 2. The van der Waals surface area contributed by atoms with Crippen molar-refractivity contribution in [1.82, 2.24) is 0 Å². The quantitative estimate of drug-likeness (QED) is 0.351. The number of hydrogen-bond acceptors (Lipinski definition) is 5. The summed E-state index contributed by atoms with van der Waals surface area (Å²) < 4.78 is 16.1. The van der Waals surface area contributed by atoms with Crippen LogP contribution in [0.1, 0.15) is 60.7 Å². The maximum absolute atomic E-state index is 12.3. The van der Waals surface area contributed by atoms with Crippen LogP contribution in [0.15, 0.2) is 48.5 Å². The van der Waals surface area contributed by atoms with Gasteiger partial charge in [-0.15, -0.1) is 0 Å². The number of ether oxygens (including phenoxy) is 3. The molecule has 0 aliphatic rings. The Morgan fingerprint density at radius 2 is 1.63 bits per heavy atom. The molecule has 0 atom stereocenters. The van der Waals surface area contributed by atoms with E-state index in [9.17, 15) is 9.59 Å². The van der Waals surface area contributed by atoms with Gasteiger partial charge in [-0.1, -0.05) is 25.8 Å². The number of carbonyl (C=O) groups excluding carboxylic acids is 2. The molecule has 5 heteroatoms. The Balaban J connectivity index is 1.95. The van der Waals surface area contributed by atoms with Gasteiger partial charge in [0, 0.05) is 0 Å². The van der Waals surface area contributed by atoms with Gasteiger partial charge >= 0.3 is 11.9 Å². The second kappa shape index (κ2) is 10.4. The van der Waals surface area contributed by atoms with Crippen molar-refractivity contribution < 1.29 is 23.8 Å². The standard InChI is InChI=1S/C22H26O5/c1-4-5-6-14-25-19-12-10-17(11-13-19)21(23)27-20-9-7-8-18(15-20)22(24)26-16(2)3/h7-13,15-16H,4-6,14H2,1-3H3. The Hall–Kier alpha value is -2.82. The summed E-state index contributed by atoms with van der Waals surface area (Å²) in [7, 11) is 0. The molecule has 0 fully saturated rings. The lowest BCUT2D eigenvalue weighted by atomic mass is 10.2. The highest BCUT2D eigenvalue weighted by atomic mass is 16.5. The molecule has 0 amide bonds. The van der Waals surface area contributed by atoms with Crippen molar-refractivity contribution in [1.29, 1.82) is 0 Å². The van der Waals surface area contributed by atoms with E-state index in [0.717, 1.165) is 25.0 Å². The average Bonchev–Trinajstić information content (AvgIpc) is 2.65. The lowest BCUT2D eigenvalue weighted by Gasteiger charge is -2.10. The summed E-state index contributed by atoms with van der Waals surface area (Å²) in [4.78, 5) is 24.3. The van der Waals surface area contributed by atoms with Crippen LogP contribution in [-0.2, 0) is 4.74 Å². The van der Waals surface area contributed by atoms with Crippen LogP contribution in [-0.4, -0.2) is 24.6 Å².